The number of anilines is 2. The molecule has 0 aliphatic heterocycles. The zero-order valence-electron chi connectivity index (χ0n) is 13.2. The lowest BCUT2D eigenvalue weighted by atomic mass is 10.2. The average molecular weight is 340 g/mol. The van der Waals surface area contributed by atoms with Gasteiger partial charge in [0.15, 0.2) is 6.29 Å². The summed E-state index contributed by atoms with van der Waals surface area (Å²) in [5.41, 5.74) is 3.61. The first kappa shape index (κ1) is 16.3. The molecule has 3 rings (SSSR count). The van der Waals surface area contributed by atoms with Crippen LogP contribution in [0.25, 0.3) is 11.0 Å². The molecule has 0 spiro atoms. The van der Waals surface area contributed by atoms with Crippen molar-refractivity contribution in [2.45, 2.75) is 11.2 Å². The molecule has 1 aromatic heterocycles. The molecule has 0 fully saturated rings. The molecule has 0 amide bonds. The zero-order chi connectivity index (χ0) is 17.1. The number of benzene rings is 2. The number of fused-ring (bicyclic) bond motifs is 1. The van der Waals surface area contributed by atoms with Crippen LogP contribution in [0.15, 0.2) is 41.3 Å². The maximum absolute atomic E-state index is 9.74. The second kappa shape index (κ2) is 6.93. The van der Waals surface area contributed by atoms with Gasteiger partial charge in [0.2, 0.25) is 5.95 Å². The number of aliphatic hydroxyl groups excluding tert-OH is 1. The van der Waals surface area contributed by atoms with E-state index in [4.69, 9.17) is 4.74 Å². The van der Waals surface area contributed by atoms with Crippen molar-refractivity contribution >= 4 is 34.4 Å². The smallest absolute Gasteiger partial charge is 0.205 e. The third-order valence-electron chi connectivity index (χ3n) is 3.58. The Kier molecular flexibility index (Phi) is 4.71. The molecule has 7 heteroatoms. The maximum Gasteiger partial charge on any atom is 0.205 e. The van der Waals surface area contributed by atoms with Gasteiger partial charge in [0.25, 0.3) is 0 Å². The van der Waals surface area contributed by atoms with E-state index < -0.39 is 6.29 Å². The van der Waals surface area contributed by atoms with E-state index in [0.717, 1.165) is 21.6 Å². The van der Waals surface area contributed by atoms with Crippen LogP contribution in [0.2, 0.25) is 0 Å². The Labute approximate surface area is 143 Å². The third-order valence-corrected chi connectivity index (χ3v) is 4.36. The number of hydrogen-bond acceptors (Lipinski definition) is 6. The minimum Gasteiger partial charge on any atom is -0.364 e. The molecular weight excluding hydrogens is 324 g/mol. The molecule has 3 N–H and O–H groups in total. The Morgan fingerprint density at radius 2 is 2.21 bits per heavy atom. The quantitative estimate of drug-likeness (QED) is 0.486. The number of nitrogens with zero attached hydrogens (tertiary/aromatic N) is 2. The van der Waals surface area contributed by atoms with Crippen molar-refractivity contribution in [2.24, 2.45) is 0 Å². The van der Waals surface area contributed by atoms with Crippen molar-refractivity contribution in [1.82, 2.24) is 9.97 Å². The summed E-state index contributed by atoms with van der Waals surface area (Å²) in [5.74, 6) is 0.566. The van der Waals surface area contributed by atoms with Crippen LogP contribution in [-0.2, 0) is 4.74 Å². The lowest BCUT2D eigenvalue weighted by molar-refractivity contribution is -0.0769. The average Bonchev–Trinajstić information content (AvgIpc) is 3.00. The van der Waals surface area contributed by atoms with Gasteiger partial charge in [-0.05, 0) is 30.5 Å². The van der Waals surface area contributed by atoms with E-state index in [0.29, 0.717) is 17.1 Å². The number of aromatic amines is 1. The van der Waals surface area contributed by atoms with Gasteiger partial charge in [-0.25, -0.2) is 4.98 Å². The first-order valence-electron chi connectivity index (χ1n) is 7.20. The number of thioether (sulfide) groups is 1. The highest BCUT2D eigenvalue weighted by molar-refractivity contribution is 7.98. The van der Waals surface area contributed by atoms with Crippen LogP contribution in [0, 0.1) is 11.3 Å². The number of aromatic nitrogens is 2. The van der Waals surface area contributed by atoms with Crippen molar-refractivity contribution in [3.63, 3.8) is 0 Å². The number of nitriles is 1. The number of imidazole rings is 1. The van der Waals surface area contributed by atoms with Crippen LogP contribution in [0.4, 0.5) is 11.6 Å². The molecule has 1 heterocycles. The Morgan fingerprint density at radius 1 is 1.38 bits per heavy atom. The lowest BCUT2D eigenvalue weighted by Crippen LogP contribution is -2.00. The summed E-state index contributed by atoms with van der Waals surface area (Å²) >= 11 is 1.52. The largest absolute Gasteiger partial charge is 0.364 e. The Morgan fingerprint density at radius 3 is 2.92 bits per heavy atom. The second-order valence-corrected chi connectivity index (χ2v) is 5.95. The Hall–Kier alpha value is -2.53. The van der Waals surface area contributed by atoms with E-state index in [1.54, 1.807) is 18.2 Å². The van der Waals surface area contributed by atoms with Crippen LogP contribution in [0.3, 0.4) is 0 Å². The maximum atomic E-state index is 9.74. The lowest BCUT2D eigenvalue weighted by Gasteiger charge is -2.10. The highest BCUT2D eigenvalue weighted by Crippen LogP contribution is 2.27. The molecule has 24 heavy (non-hydrogen) atoms. The number of H-pyrrole nitrogens is 1. The molecule has 0 bridgehead atoms. The molecule has 1 unspecified atom stereocenters. The molecule has 6 nitrogen and oxygen atoms in total. The molecular formula is C17H16N4O2S. The minimum absolute atomic E-state index is 0.566. The van der Waals surface area contributed by atoms with E-state index in [2.05, 4.69) is 21.4 Å². The SMILES string of the molecule is COC(O)c1cccc(Nc2nc3cc(C#N)c(SC)cc3[nH]2)c1. The summed E-state index contributed by atoms with van der Waals surface area (Å²) in [7, 11) is 1.44. The monoisotopic (exact) mass is 340 g/mol. The van der Waals surface area contributed by atoms with Gasteiger partial charge in [0, 0.05) is 23.3 Å². The van der Waals surface area contributed by atoms with Crippen LogP contribution < -0.4 is 5.32 Å². The summed E-state index contributed by atoms with van der Waals surface area (Å²) in [6.07, 6.45) is 0.967. The summed E-state index contributed by atoms with van der Waals surface area (Å²) < 4.78 is 4.91. The molecule has 2 aromatic carbocycles. The van der Waals surface area contributed by atoms with Crippen molar-refractivity contribution in [3.8, 4) is 6.07 Å². The van der Waals surface area contributed by atoms with E-state index in [1.807, 2.05) is 24.5 Å². The van der Waals surface area contributed by atoms with Crippen molar-refractivity contribution in [1.29, 1.82) is 5.26 Å². The molecule has 3 aromatic rings. The van der Waals surface area contributed by atoms with Crippen LogP contribution >= 0.6 is 11.8 Å². The number of rotatable bonds is 5. The standard InChI is InChI=1S/C17H16N4O2S/c1-23-16(22)10-4-3-5-12(6-10)19-17-20-13-7-11(9-18)15(24-2)8-14(13)21-17/h3-8,16,22H,1-2H3,(H2,19,20,21). The highest BCUT2D eigenvalue weighted by Gasteiger charge is 2.10. The van der Waals surface area contributed by atoms with E-state index in [-0.39, 0.29) is 0 Å². The molecule has 122 valence electrons. The number of nitrogens with one attached hydrogen (secondary N) is 2. The van der Waals surface area contributed by atoms with Gasteiger partial charge >= 0.3 is 0 Å². The molecule has 1 atom stereocenters. The molecule has 0 radical (unpaired) electrons. The highest BCUT2D eigenvalue weighted by atomic mass is 32.2. The van der Waals surface area contributed by atoms with E-state index >= 15 is 0 Å². The van der Waals surface area contributed by atoms with E-state index in [9.17, 15) is 10.4 Å². The van der Waals surface area contributed by atoms with Gasteiger partial charge in [-0.1, -0.05) is 12.1 Å². The predicted octanol–water partition coefficient (Wildman–Crippen LogP) is 3.54. The summed E-state index contributed by atoms with van der Waals surface area (Å²) in [6.45, 7) is 0. The van der Waals surface area contributed by atoms with Crippen LogP contribution in [0.1, 0.15) is 17.4 Å². The summed E-state index contributed by atoms with van der Waals surface area (Å²) in [5, 5.41) is 22.1. The predicted molar refractivity (Wildman–Crippen MR) is 94.3 cm³/mol. The molecule has 0 aliphatic carbocycles. The van der Waals surface area contributed by atoms with Crippen molar-refractivity contribution in [3.05, 3.63) is 47.5 Å². The minimum atomic E-state index is -0.968. The molecule has 0 saturated carbocycles. The molecule has 0 saturated heterocycles. The third kappa shape index (κ3) is 3.21. The van der Waals surface area contributed by atoms with Crippen LogP contribution in [-0.4, -0.2) is 28.4 Å². The fraction of sp³-hybridized carbons (Fsp3) is 0.176. The van der Waals surface area contributed by atoms with Crippen molar-refractivity contribution in [2.75, 3.05) is 18.7 Å². The number of hydrogen-bond donors (Lipinski definition) is 3. The number of methoxy groups -OCH3 is 1. The first-order chi connectivity index (χ1) is 11.6. The second-order valence-electron chi connectivity index (χ2n) is 5.11. The Bertz CT molecular complexity index is 917. The normalized spacial score (nSPS) is 12.1. The topological polar surface area (TPSA) is 94.0 Å². The summed E-state index contributed by atoms with van der Waals surface area (Å²) in [4.78, 5) is 8.57. The van der Waals surface area contributed by atoms with Gasteiger partial charge in [0.05, 0.1) is 16.6 Å². The van der Waals surface area contributed by atoms with Gasteiger partial charge in [0.1, 0.15) is 6.07 Å². The van der Waals surface area contributed by atoms with Gasteiger partial charge in [-0.2, -0.15) is 5.26 Å². The fourth-order valence-corrected chi connectivity index (χ4v) is 2.96. The first-order valence-corrected chi connectivity index (χ1v) is 8.42. The fourth-order valence-electron chi connectivity index (χ4n) is 2.40. The Balaban J connectivity index is 1.92. The number of ether oxygens (including phenoxy) is 1. The van der Waals surface area contributed by atoms with Crippen molar-refractivity contribution < 1.29 is 9.84 Å². The van der Waals surface area contributed by atoms with Gasteiger partial charge in [-0.3, -0.25) is 0 Å². The summed E-state index contributed by atoms with van der Waals surface area (Å²) in [6, 6.07) is 13.1. The van der Waals surface area contributed by atoms with Gasteiger partial charge < -0.3 is 20.1 Å². The van der Waals surface area contributed by atoms with Gasteiger partial charge in [-0.15, -0.1) is 11.8 Å². The van der Waals surface area contributed by atoms with E-state index in [1.165, 1.54) is 18.9 Å². The molecule has 0 aliphatic rings. The zero-order valence-corrected chi connectivity index (χ0v) is 14.0. The number of aliphatic hydroxyl groups is 1. The van der Waals surface area contributed by atoms with Crippen LogP contribution in [0.5, 0.6) is 0 Å².